The Balaban J connectivity index is 2.16. The van der Waals surface area contributed by atoms with Crippen LogP contribution >= 0.6 is 0 Å². The lowest BCUT2D eigenvalue weighted by atomic mass is 9.99. The molecule has 1 fully saturated rings. The van der Waals surface area contributed by atoms with Crippen LogP contribution in [0.4, 0.5) is 4.39 Å². The van der Waals surface area contributed by atoms with E-state index in [2.05, 4.69) is 17.1 Å². The van der Waals surface area contributed by atoms with Gasteiger partial charge in [-0.1, -0.05) is 6.92 Å². The highest BCUT2D eigenvalue weighted by Crippen LogP contribution is 2.11. The van der Waals surface area contributed by atoms with Crippen LogP contribution < -0.4 is 5.32 Å². The zero-order valence-electron chi connectivity index (χ0n) is 9.27. The molecule has 1 N–H and O–H groups in total. The lowest BCUT2D eigenvalue weighted by Crippen LogP contribution is -2.38. The number of halogens is 1. The summed E-state index contributed by atoms with van der Waals surface area (Å²) in [6.45, 7) is 7.41. The first-order valence-electron chi connectivity index (χ1n) is 5.85. The van der Waals surface area contributed by atoms with Crippen LogP contribution in [0, 0.1) is 5.92 Å². The monoisotopic (exact) mass is 202 g/mol. The van der Waals surface area contributed by atoms with Crippen molar-refractivity contribution in [3.63, 3.8) is 0 Å². The van der Waals surface area contributed by atoms with Gasteiger partial charge in [-0.05, 0) is 44.8 Å². The Morgan fingerprint density at radius 3 is 2.93 bits per heavy atom. The minimum Gasteiger partial charge on any atom is -0.316 e. The molecule has 0 aliphatic carbocycles. The van der Waals surface area contributed by atoms with Crippen molar-refractivity contribution in [3.8, 4) is 0 Å². The topological polar surface area (TPSA) is 15.3 Å². The van der Waals surface area contributed by atoms with Crippen molar-refractivity contribution in [3.05, 3.63) is 0 Å². The van der Waals surface area contributed by atoms with Gasteiger partial charge in [-0.25, -0.2) is 0 Å². The summed E-state index contributed by atoms with van der Waals surface area (Å²) in [5, 5.41) is 3.42. The quantitative estimate of drug-likeness (QED) is 0.705. The Hall–Kier alpha value is -0.150. The van der Waals surface area contributed by atoms with Gasteiger partial charge < -0.3 is 10.2 Å². The van der Waals surface area contributed by atoms with E-state index in [0.29, 0.717) is 6.42 Å². The number of rotatable bonds is 6. The Morgan fingerprint density at radius 1 is 1.50 bits per heavy atom. The third kappa shape index (κ3) is 4.38. The molecule has 1 rings (SSSR count). The molecule has 2 nitrogen and oxygen atoms in total. The average Bonchev–Trinajstić information content (AvgIpc) is 2.25. The summed E-state index contributed by atoms with van der Waals surface area (Å²) in [6, 6.07) is 0. The van der Waals surface area contributed by atoms with Gasteiger partial charge in [-0.2, -0.15) is 0 Å². The fourth-order valence-corrected chi connectivity index (χ4v) is 2.11. The highest BCUT2D eigenvalue weighted by atomic mass is 19.1. The molecule has 3 heteroatoms. The van der Waals surface area contributed by atoms with Gasteiger partial charge >= 0.3 is 0 Å². The van der Waals surface area contributed by atoms with E-state index in [1.807, 2.05) is 0 Å². The normalized spacial score (nSPS) is 22.9. The Bertz CT molecular complexity index is 135. The van der Waals surface area contributed by atoms with Gasteiger partial charge in [-0.15, -0.1) is 0 Å². The molecule has 14 heavy (non-hydrogen) atoms. The Kier molecular flexibility index (Phi) is 6.12. The van der Waals surface area contributed by atoms with Crippen molar-refractivity contribution in [2.45, 2.75) is 26.2 Å². The maximum absolute atomic E-state index is 12.0. The molecule has 0 spiro atoms. The summed E-state index contributed by atoms with van der Waals surface area (Å²) in [7, 11) is 0. The molecule has 1 heterocycles. The Labute approximate surface area is 86.9 Å². The fraction of sp³-hybridized carbons (Fsp3) is 1.00. The van der Waals surface area contributed by atoms with Crippen LogP contribution in [-0.4, -0.2) is 44.3 Å². The summed E-state index contributed by atoms with van der Waals surface area (Å²) >= 11 is 0. The standard InChI is InChI=1S/C11H23FN2/c1-2-14(8-4-6-12)10-11-5-3-7-13-9-11/h11,13H,2-10H2,1H3. The second kappa shape index (κ2) is 7.18. The third-order valence-corrected chi connectivity index (χ3v) is 2.97. The van der Waals surface area contributed by atoms with Crippen LogP contribution in [-0.2, 0) is 0 Å². The summed E-state index contributed by atoms with van der Waals surface area (Å²) in [6.07, 6.45) is 3.32. The van der Waals surface area contributed by atoms with E-state index in [1.165, 1.54) is 19.4 Å². The fourth-order valence-electron chi connectivity index (χ4n) is 2.11. The van der Waals surface area contributed by atoms with Crippen molar-refractivity contribution in [2.75, 3.05) is 39.4 Å². The van der Waals surface area contributed by atoms with Crippen molar-refractivity contribution >= 4 is 0 Å². The zero-order valence-corrected chi connectivity index (χ0v) is 9.27. The molecular weight excluding hydrogens is 179 g/mol. The zero-order chi connectivity index (χ0) is 10.2. The third-order valence-electron chi connectivity index (χ3n) is 2.97. The minimum atomic E-state index is -0.181. The van der Waals surface area contributed by atoms with E-state index in [1.54, 1.807) is 0 Å². The number of nitrogens with zero attached hydrogens (tertiary/aromatic N) is 1. The summed E-state index contributed by atoms with van der Waals surface area (Å²) in [5.74, 6) is 0.781. The predicted molar refractivity (Wildman–Crippen MR) is 58.3 cm³/mol. The first-order chi connectivity index (χ1) is 6.86. The van der Waals surface area contributed by atoms with Gasteiger partial charge in [0, 0.05) is 13.1 Å². The van der Waals surface area contributed by atoms with Crippen LogP contribution in [0.5, 0.6) is 0 Å². The molecule has 0 aromatic heterocycles. The predicted octanol–water partition coefficient (Wildman–Crippen LogP) is 1.67. The molecule has 0 aromatic carbocycles. The van der Waals surface area contributed by atoms with Crippen molar-refractivity contribution in [2.24, 2.45) is 5.92 Å². The molecule has 1 unspecified atom stereocenters. The van der Waals surface area contributed by atoms with Crippen LogP contribution in [0.25, 0.3) is 0 Å². The second-order valence-electron chi connectivity index (χ2n) is 4.15. The van der Waals surface area contributed by atoms with E-state index >= 15 is 0 Å². The van der Waals surface area contributed by atoms with E-state index in [-0.39, 0.29) is 6.67 Å². The van der Waals surface area contributed by atoms with Crippen LogP contribution in [0.1, 0.15) is 26.2 Å². The van der Waals surface area contributed by atoms with E-state index < -0.39 is 0 Å². The number of hydrogen-bond donors (Lipinski definition) is 1. The highest BCUT2D eigenvalue weighted by molar-refractivity contribution is 4.72. The molecule has 84 valence electrons. The molecule has 0 bridgehead atoms. The second-order valence-corrected chi connectivity index (χ2v) is 4.15. The van der Waals surface area contributed by atoms with Crippen molar-refractivity contribution in [1.82, 2.24) is 10.2 Å². The molecule has 0 amide bonds. The van der Waals surface area contributed by atoms with Crippen molar-refractivity contribution < 1.29 is 4.39 Å². The number of hydrogen-bond acceptors (Lipinski definition) is 2. The molecule has 0 radical (unpaired) electrons. The van der Waals surface area contributed by atoms with Gasteiger partial charge in [0.2, 0.25) is 0 Å². The number of alkyl halides is 1. The molecular formula is C11H23FN2. The number of piperidine rings is 1. The minimum absolute atomic E-state index is 0.181. The van der Waals surface area contributed by atoms with Gasteiger partial charge in [0.1, 0.15) is 0 Å². The SMILES string of the molecule is CCN(CCCF)CC1CCCNC1. The van der Waals surface area contributed by atoms with E-state index in [4.69, 9.17) is 0 Å². The maximum atomic E-state index is 12.0. The smallest absolute Gasteiger partial charge is 0.0906 e. The summed E-state index contributed by atoms with van der Waals surface area (Å²) in [4.78, 5) is 2.37. The molecule has 1 saturated heterocycles. The molecule has 1 aliphatic rings. The first-order valence-corrected chi connectivity index (χ1v) is 5.85. The van der Waals surface area contributed by atoms with Crippen LogP contribution in [0.15, 0.2) is 0 Å². The summed E-state index contributed by atoms with van der Waals surface area (Å²) < 4.78 is 12.0. The van der Waals surface area contributed by atoms with E-state index in [0.717, 1.165) is 32.1 Å². The lowest BCUT2D eigenvalue weighted by molar-refractivity contribution is 0.209. The molecule has 0 saturated carbocycles. The van der Waals surface area contributed by atoms with Gasteiger partial charge in [0.05, 0.1) is 6.67 Å². The van der Waals surface area contributed by atoms with Crippen LogP contribution in [0.3, 0.4) is 0 Å². The van der Waals surface area contributed by atoms with E-state index in [9.17, 15) is 4.39 Å². The maximum Gasteiger partial charge on any atom is 0.0906 e. The van der Waals surface area contributed by atoms with Gasteiger partial charge in [0.15, 0.2) is 0 Å². The average molecular weight is 202 g/mol. The largest absolute Gasteiger partial charge is 0.316 e. The van der Waals surface area contributed by atoms with Crippen molar-refractivity contribution in [1.29, 1.82) is 0 Å². The number of nitrogens with one attached hydrogen (secondary N) is 1. The van der Waals surface area contributed by atoms with Gasteiger partial charge in [0.25, 0.3) is 0 Å². The molecule has 0 aromatic rings. The first kappa shape index (κ1) is 11.9. The van der Waals surface area contributed by atoms with Crippen LogP contribution in [0.2, 0.25) is 0 Å². The highest BCUT2D eigenvalue weighted by Gasteiger charge is 2.15. The molecule has 1 atom stereocenters. The Morgan fingerprint density at radius 2 is 2.36 bits per heavy atom. The lowest BCUT2D eigenvalue weighted by Gasteiger charge is -2.29. The molecule has 1 aliphatic heterocycles. The summed E-state index contributed by atoms with van der Waals surface area (Å²) in [5.41, 5.74) is 0. The van der Waals surface area contributed by atoms with Gasteiger partial charge in [-0.3, -0.25) is 4.39 Å².